The number of nitrogens with one attached hydrogen (secondary N) is 1. The van der Waals surface area contributed by atoms with Crippen molar-refractivity contribution in [2.75, 3.05) is 50.7 Å². The summed E-state index contributed by atoms with van der Waals surface area (Å²) in [6, 6.07) is 4.71. The van der Waals surface area contributed by atoms with Crippen LogP contribution in [0.3, 0.4) is 0 Å². The first-order chi connectivity index (χ1) is 14.7. The smallest absolute Gasteiger partial charge is 0.236 e. The molecule has 0 bridgehead atoms. The fraction of sp³-hybridized carbons (Fsp3) is 0.609. The van der Waals surface area contributed by atoms with Crippen LogP contribution in [0.4, 0.5) is 10.1 Å². The van der Waals surface area contributed by atoms with E-state index in [1.54, 1.807) is 12.1 Å². The lowest BCUT2D eigenvalue weighted by Crippen LogP contribution is -2.52. The van der Waals surface area contributed by atoms with Crippen LogP contribution in [-0.4, -0.2) is 79.3 Å². The van der Waals surface area contributed by atoms with Crippen molar-refractivity contribution in [3.8, 4) is 0 Å². The molecule has 2 saturated heterocycles. The molecule has 2 amide bonds. The largest absolute Gasteiger partial charge is 0.366 e. The number of Topliss-reactive ketones (excluding diaryl/α,β-unsaturated/α-hetero) is 1. The number of anilines is 1. The topological polar surface area (TPSA) is 73.0 Å². The summed E-state index contributed by atoms with van der Waals surface area (Å²) in [6.07, 6.45) is 1.55. The maximum atomic E-state index is 14.4. The van der Waals surface area contributed by atoms with Crippen LogP contribution in [-0.2, 0) is 9.59 Å². The zero-order chi connectivity index (χ0) is 22.5. The van der Waals surface area contributed by atoms with E-state index >= 15 is 0 Å². The molecule has 0 saturated carbocycles. The van der Waals surface area contributed by atoms with Crippen LogP contribution in [0.25, 0.3) is 0 Å². The minimum absolute atomic E-state index is 0.0292. The molecular weight excluding hydrogens is 399 g/mol. The number of benzene rings is 1. The molecule has 3 rings (SSSR count). The van der Waals surface area contributed by atoms with E-state index in [4.69, 9.17) is 0 Å². The first-order valence-corrected chi connectivity index (χ1v) is 11.1. The molecule has 7 nitrogen and oxygen atoms in total. The van der Waals surface area contributed by atoms with Gasteiger partial charge in [-0.1, -0.05) is 0 Å². The van der Waals surface area contributed by atoms with Crippen molar-refractivity contribution in [3.63, 3.8) is 0 Å². The highest BCUT2D eigenvalue weighted by atomic mass is 19.1. The van der Waals surface area contributed by atoms with Gasteiger partial charge in [-0.3, -0.25) is 19.3 Å². The van der Waals surface area contributed by atoms with Crippen molar-refractivity contribution in [1.29, 1.82) is 0 Å². The van der Waals surface area contributed by atoms with Gasteiger partial charge in [0.25, 0.3) is 0 Å². The number of carbonyl (C=O) groups excluding carboxylic acids is 3. The number of nitrogens with zero attached hydrogens (tertiary/aromatic N) is 3. The third kappa shape index (κ3) is 6.03. The van der Waals surface area contributed by atoms with Gasteiger partial charge in [0.2, 0.25) is 11.8 Å². The highest BCUT2D eigenvalue weighted by molar-refractivity contribution is 5.94. The summed E-state index contributed by atoms with van der Waals surface area (Å²) in [6.45, 7) is 9.38. The van der Waals surface area contributed by atoms with Crippen molar-refractivity contribution in [3.05, 3.63) is 29.6 Å². The molecule has 0 aromatic heterocycles. The lowest BCUT2D eigenvalue weighted by atomic mass is 9.95. The number of piperidine rings is 1. The van der Waals surface area contributed by atoms with Gasteiger partial charge in [0.05, 0.1) is 12.2 Å². The molecule has 1 N–H and O–H groups in total. The van der Waals surface area contributed by atoms with Gasteiger partial charge in [0.1, 0.15) is 5.82 Å². The molecule has 0 radical (unpaired) electrons. The fourth-order valence-corrected chi connectivity index (χ4v) is 4.23. The second kappa shape index (κ2) is 10.2. The van der Waals surface area contributed by atoms with Gasteiger partial charge in [-0.15, -0.1) is 0 Å². The van der Waals surface area contributed by atoms with Crippen molar-refractivity contribution in [2.24, 2.45) is 5.92 Å². The highest BCUT2D eigenvalue weighted by Gasteiger charge is 2.28. The molecule has 2 aliphatic rings. The standard InChI is InChI=1S/C23H33FN4O3/c1-16(2)25-23(31)18-6-8-26(9-7-18)15-22(30)28-12-10-27(11-13-28)21-5-4-19(17(3)29)14-20(21)24/h4-5,14,16,18H,6-13,15H2,1-3H3,(H,25,31). The number of hydrogen-bond donors (Lipinski definition) is 1. The van der Waals surface area contributed by atoms with E-state index < -0.39 is 5.82 Å². The Morgan fingerprint density at radius 1 is 1.06 bits per heavy atom. The molecule has 170 valence electrons. The molecule has 0 spiro atoms. The second-order valence-electron chi connectivity index (χ2n) is 8.80. The van der Waals surface area contributed by atoms with E-state index in [2.05, 4.69) is 10.2 Å². The van der Waals surface area contributed by atoms with Crippen LogP contribution in [0, 0.1) is 11.7 Å². The molecule has 2 aliphatic heterocycles. The maximum Gasteiger partial charge on any atom is 0.236 e. The van der Waals surface area contributed by atoms with E-state index in [0.717, 1.165) is 25.9 Å². The minimum atomic E-state index is -0.406. The molecule has 2 heterocycles. The van der Waals surface area contributed by atoms with Crippen LogP contribution < -0.4 is 10.2 Å². The maximum absolute atomic E-state index is 14.4. The first-order valence-electron chi connectivity index (χ1n) is 11.1. The molecule has 1 aromatic carbocycles. The fourth-order valence-electron chi connectivity index (χ4n) is 4.23. The van der Waals surface area contributed by atoms with Crippen molar-refractivity contribution >= 4 is 23.3 Å². The summed E-state index contributed by atoms with van der Waals surface area (Å²) in [5.41, 5.74) is 0.833. The van der Waals surface area contributed by atoms with Crippen LogP contribution >= 0.6 is 0 Å². The van der Waals surface area contributed by atoms with Crippen LogP contribution in [0.15, 0.2) is 18.2 Å². The van der Waals surface area contributed by atoms with Gasteiger partial charge >= 0.3 is 0 Å². The third-order valence-corrected chi connectivity index (χ3v) is 6.08. The van der Waals surface area contributed by atoms with E-state index in [1.807, 2.05) is 23.6 Å². The summed E-state index contributed by atoms with van der Waals surface area (Å²) >= 11 is 0. The predicted molar refractivity (Wildman–Crippen MR) is 118 cm³/mol. The zero-order valence-corrected chi connectivity index (χ0v) is 18.7. The SMILES string of the molecule is CC(=O)c1ccc(N2CCN(C(=O)CN3CCC(C(=O)NC(C)C)CC3)CC2)c(F)c1. The molecule has 2 fully saturated rings. The second-order valence-corrected chi connectivity index (χ2v) is 8.80. The Morgan fingerprint density at radius 3 is 2.26 bits per heavy atom. The average Bonchev–Trinajstić information content (AvgIpc) is 2.73. The number of ketones is 1. The number of carbonyl (C=O) groups is 3. The van der Waals surface area contributed by atoms with Crippen LogP contribution in [0.5, 0.6) is 0 Å². The Labute approximate surface area is 183 Å². The quantitative estimate of drug-likeness (QED) is 0.696. The first kappa shape index (κ1) is 23.2. The Kier molecular flexibility index (Phi) is 7.64. The molecular formula is C23H33FN4O3. The average molecular weight is 433 g/mol. The van der Waals surface area contributed by atoms with Crippen molar-refractivity contribution < 1.29 is 18.8 Å². The van der Waals surface area contributed by atoms with Crippen molar-refractivity contribution in [2.45, 2.75) is 39.7 Å². The molecule has 0 aliphatic carbocycles. The van der Waals surface area contributed by atoms with Gasteiger partial charge in [-0.25, -0.2) is 4.39 Å². The lowest BCUT2D eigenvalue weighted by Gasteiger charge is -2.38. The summed E-state index contributed by atoms with van der Waals surface area (Å²) < 4.78 is 14.4. The Morgan fingerprint density at radius 2 is 1.71 bits per heavy atom. The van der Waals surface area contributed by atoms with Crippen LogP contribution in [0.2, 0.25) is 0 Å². The van der Waals surface area contributed by atoms with E-state index in [1.165, 1.54) is 13.0 Å². The predicted octanol–water partition coefficient (Wildman–Crippen LogP) is 1.91. The Hall–Kier alpha value is -2.48. The van der Waals surface area contributed by atoms with Gasteiger partial charge in [-0.2, -0.15) is 0 Å². The van der Waals surface area contributed by atoms with E-state index in [9.17, 15) is 18.8 Å². The number of piperazine rings is 1. The van der Waals surface area contributed by atoms with Gasteiger partial charge in [0, 0.05) is 43.7 Å². The summed E-state index contributed by atoms with van der Waals surface area (Å²) in [4.78, 5) is 42.2. The highest BCUT2D eigenvalue weighted by Crippen LogP contribution is 2.23. The molecule has 8 heteroatoms. The van der Waals surface area contributed by atoms with Gasteiger partial charge in [0.15, 0.2) is 5.78 Å². The molecule has 0 atom stereocenters. The third-order valence-electron chi connectivity index (χ3n) is 6.08. The number of halogens is 1. The molecule has 31 heavy (non-hydrogen) atoms. The monoisotopic (exact) mass is 432 g/mol. The molecule has 1 aromatic rings. The lowest BCUT2D eigenvalue weighted by molar-refractivity contribution is -0.133. The molecule has 0 unspecified atom stereocenters. The number of hydrogen-bond acceptors (Lipinski definition) is 5. The number of rotatable bonds is 6. The van der Waals surface area contributed by atoms with Gasteiger partial charge < -0.3 is 15.1 Å². The summed E-state index contributed by atoms with van der Waals surface area (Å²) in [5.74, 6) is -0.346. The zero-order valence-electron chi connectivity index (χ0n) is 18.7. The Bertz CT molecular complexity index is 813. The normalized spacial score (nSPS) is 18.4. The van der Waals surface area contributed by atoms with Crippen molar-refractivity contribution in [1.82, 2.24) is 15.1 Å². The van der Waals surface area contributed by atoms with E-state index in [0.29, 0.717) is 44.0 Å². The summed E-state index contributed by atoms with van der Waals surface area (Å²) in [7, 11) is 0. The van der Waals surface area contributed by atoms with Crippen LogP contribution in [0.1, 0.15) is 44.0 Å². The summed E-state index contributed by atoms with van der Waals surface area (Å²) in [5, 5.41) is 2.97. The number of amides is 2. The van der Waals surface area contributed by atoms with Gasteiger partial charge in [-0.05, 0) is 64.9 Å². The minimum Gasteiger partial charge on any atom is -0.366 e. The van der Waals surface area contributed by atoms with E-state index in [-0.39, 0.29) is 29.6 Å². The number of likely N-dealkylation sites (tertiary alicyclic amines) is 1. The Balaban J connectivity index is 1.45.